The summed E-state index contributed by atoms with van der Waals surface area (Å²) in [4.78, 5) is 0. The first-order valence-corrected chi connectivity index (χ1v) is 6.11. The third-order valence-electron chi connectivity index (χ3n) is 1.86. The highest BCUT2D eigenvalue weighted by molar-refractivity contribution is 9.11. The zero-order chi connectivity index (χ0) is 11.3. The Morgan fingerprint density at radius 2 is 2.13 bits per heavy atom. The van der Waals surface area contributed by atoms with Gasteiger partial charge in [0, 0.05) is 16.6 Å². The number of benzene rings is 1. The largest absolute Gasteiger partial charge is 0.495 e. The number of nitrogens with one attached hydrogen (secondary N) is 1. The molecular formula is C11H13Br2NO. The molecule has 0 heterocycles. The number of hydrogen-bond donors (Lipinski definition) is 1. The fourth-order valence-corrected chi connectivity index (χ4v) is 2.64. The minimum Gasteiger partial charge on any atom is -0.495 e. The number of hydrogen-bond acceptors (Lipinski definition) is 2. The Hall–Kier alpha value is -0.320. The molecule has 15 heavy (non-hydrogen) atoms. The van der Waals surface area contributed by atoms with Crippen molar-refractivity contribution in [2.24, 2.45) is 0 Å². The van der Waals surface area contributed by atoms with Crippen LogP contribution in [0.4, 0.5) is 0 Å². The Bertz CT molecular complexity index is 364. The van der Waals surface area contributed by atoms with Crippen molar-refractivity contribution < 1.29 is 4.74 Å². The normalized spacial score (nSPS) is 10.9. The van der Waals surface area contributed by atoms with Crippen LogP contribution in [0.25, 0.3) is 6.08 Å². The molecule has 0 radical (unpaired) electrons. The molecule has 0 spiro atoms. The smallest absolute Gasteiger partial charge is 0.140 e. The fraction of sp³-hybridized carbons (Fsp3) is 0.273. The lowest BCUT2D eigenvalue weighted by Crippen LogP contribution is -2.03. The van der Waals surface area contributed by atoms with Gasteiger partial charge >= 0.3 is 0 Å². The molecule has 0 aliphatic rings. The molecular weight excluding hydrogens is 322 g/mol. The predicted molar refractivity (Wildman–Crippen MR) is 71.4 cm³/mol. The van der Waals surface area contributed by atoms with Crippen LogP contribution in [-0.2, 0) is 0 Å². The molecule has 1 aromatic rings. The summed E-state index contributed by atoms with van der Waals surface area (Å²) < 4.78 is 7.30. The molecule has 82 valence electrons. The highest BCUT2D eigenvalue weighted by Crippen LogP contribution is 2.33. The SMILES string of the molecule is CNCC=Cc1cc(Br)cc(Br)c1OC. The van der Waals surface area contributed by atoms with E-state index in [9.17, 15) is 0 Å². The number of halogens is 2. The van der Waals surface area contributed by atoms with Gasteiger partial charge in [0.15, 0.2) is 0 Å². The Balaban J connectivity index is 3.03. The molecule has 0 saturated carbocycles. The van der Waals surface area contributed by atoms with Crippen molar-refractivity contribution in [2.75, 3.05) is 20.7 Å². The molecule has 2 nitrogen and oxygen atoms in total. The summed E-state index contributed by atoms with van der Waals surface area (Å²) in [6, 6.07) is 3.99. The third kappa shape index (κ3) is 3.63. The monoisotopic (exact) mass is 333 g/mol. The van der Waals surface area contributed by atoms with E-state index in [1.54, 1.807) is 7.11 Å². The lowest BCUT2D eigenvalue weighted by molar-refractivity contribution is 0.411. The van der Waals surface area contributed by atoms with E-state index in [1.165, 1.54) is 0 Å². The topological polar surface area (TPSA) is 21.3 Å². The van der Waals surface area contributed by atoms with Crippen LogP contribution in [-0.4, -0.2) is 20.7 Å². The highest BCUT2D eigenvalue weighted by atomic mass is 79.9. The van der Waals surface area contributed by atoms with Crippen LogP contribution in [0.3, 0.4) is 0 Å². The Kier molecular flexibility index (Phi) is 5.36. The van der Waals surface area contributed by atoms with Gasteiger partial charge in [-0.2, -0.15) is 0 Å². The van der Waals surface area contributed by atoms with Crippen LogP contribution in [0.1, 0.15) is 5.56 Å². The first-order chi connectivity index (χ1) is 7.19. The summed E-state index contributed by atoms with van der Waals surface area (Å²) in [6.45, 7) is 0.841. The predicted octanol–water partition coefficient (Wildman–Crippen LogP) is 3.45. The maximum atomic E-state index is 5.32. The maximum absolute atomic E-state index is 5.32. The van der Waals surface area contributed by atoms with Crippen molar-refractivity contribution >= 4 is 37.9 Å². The standard InChI is InChI=1S/C11H13Br2NO/c1-14-5-3-4-8-6-9(12)7-10(13)11(8)15-2/h3-4,6-7,14H,5H2,1-2H3. The Labute approximate surface area is 107 Å². The van der Waals surface area contributed by atoms with Crippen molar-refractivity contribution in [3.8, 4) is 5.75 Å². The molecule has 0 unspecified atom stereocenters. The lowest BCUT2D eigenvalue weighted by Gasteiger charge is -2.08. The van der Waals surface area contributed by atoms with Gasteiger partial charge in [-0.05, 0) is 35.1 Å². The van der Waals surface area contributed by atoms with Gasteiger partial charge in [-0.1, -0.05) is 28.1 Å². The molecule has 0 aromatic heterocycles. The van der Waals surface area contributed by atoms with Crippen LogP contribution >= 0.6 is 31.9 Å². The van der Waals surface area contributed by atoms with Gasteiger partial charge in [0.25, 0.3) is 0 Å². The molecule has 0 bridgehead atoms. The number of likely N-dealkylation sites (N-methyl/N-ethyl adjacent to an activating group) is 1. The quantitative estimate of drug-likeness (QED) is 0.910. The molecule has 0 fully saturated rings. The first-order valence-electron chi connectivity index (χ1n) is 4.53. The van der Waals surface area contributed by atoms with Gasteiger partial charge in [0.1, 0.15) is 5.75 Å². The van der Waals surface area contributed by atoms with Crippen LogP contribution < -0.4 is 10.1 Å². The molecule has 0 amide bonds. The summed E-state index contributed by atoms with van der Waals surface area (Å²) in [5, 5.41) is 3.05. The van der Waals surface area contributed by atoms with E-state index in [4.69, 9.17) is 4.74 Å². The molecule has 0 saturated heterocycles. The van der Waals surface area contributed by atoms with Gasteiger partial charge in [0.05, 0.1) is 11.6 Å². The van der Waals surface area contributed by atoms with Crippen LogP contribution in [0.15, 0.2) is 27.2 Å². The summed E-state index contributed by atoms with van der Waals surface area (Å²) in [6.07, 6.45) is 4.08. The second kappa shape index (κ2) is 6.30. The zero-order valence-corrected chi connectivity index (χ0v) is 11.9. The van der Waals surface area contributed by atoms with Gasteiger partial charge in [-0.25, -0.2) is 0 Å². The fourth-order valence-electron chi connectivity index (χ4n) is 1.22. The van der Waals surface area contributed by atoms with E-state index >= 15 is 0 Å². The molecule has 1 rings (SSSR count). The Morgan fingerprint density at radius 3 is 2.73 bits per heavy atom. The minimum absolute atomic E-state index is 0.841. The van der Waals surface area contributed by atoms with E-state index in [0.29, 0.717) is 0 Å². The maximum Gasteiger partial charge on any atom is 0.140 e. The van der Waals surface area contributed by atoms with Gasteiger partial charge in [-0.3, -0.25) is 0 Å². The van der Waals surface area contributed by atoms with Crippen molar-refractivity contribution in [2.45, 2.75) is 0 Å². The molecule has 0 aliphatic heterocycles. The summed E-state index contributed by atoms with van der Waals surface area (Å²) in [7, 11) is 3.59. The summed E-state index contributed by atoms with van der Waals surface area (Å²) >= 11 is 6.91. The van der Waals surface area contributed by atoms with E-state index in [-0.39, 0.29) is 0 Å². The molecule has 1 N–H and O–H groups in total. The van der Waals surface area contributed by atoms with E-state index in [2.05, 4.69) is 43.3 Å². The Morgan fingerprint density at radius 1 is 1.40 bits per heavy atom. The first kappa shape index (κ1) is 12.7. The molecule has 1 aromatic carbocycles. The lowest BCUT2D eigenvalue weighted by atomic mass is 10.2. The summed E-state index contributed by atoms with van der Waals surface area (Å²) in [5.41, 5.74) is 1.05. The number of ether oxygens (including phenoxy) is 1. The minimum atomic E-state index is 0.841. The third-order valence-corrected chi connectivity index (χ3v) is 2.91. The van der Waals surface area contributed by atoms with Gasteiger partial charge < -0.3 is 10.1 Å². The molecule has 0 aliphatic carbocycles. The van der Waals surface area contributed by atoms with Crippen molar-refractivity contribution in [3.05, 3.63) is 32.7 Å². The van der Waals surface area contributed by atoms with Crippen LogP contribution in [0.2, 0.25) is 0 Å². The van der Waals surface area contributed by atoms with E-state index < -0.39 is 0 Å². The average Bonchev–Trinajstić information content (AvgIpc) is 2.17. The number of rotatable bonds is 4. The molecule has 0 atom stereocenters. The van der Waals surface area contributed by atoms with Crippen molar-refractivity contribution in [1.82, 2.24) is 5.32 Å². The average molecular weight is 335 g/mol. The van der Waals surface area contributed by atoms with E-state index in [1.807, 2.05) is 25.3 Å². The van der Waals surface area contributed by atoms with Crippen LogP contribution in [0.5, 0.6) is 5.75 Å². The summed E-state index contributed by atoms with van der Waals surface area (Å²) in [5.74, 6) is 0.852. The second-order valence-electron chi connectivity index (χ2n) is 2.97. The van der Waals surface area contributed by atoms with Crippen LogP contribution in [0, 0.1) is 0 Å². The van der Waals surface area contributed by atoms with E-state index in [0.717, 1.165) is 26.8 Å². The molecule has 4 heteroatoms. The van der Waals surface area contributed by atoms with Gasteiger partial charge in [0.2, 0.25) is 0 Å². The highest BCUT2D eigenvalue weighted by Gasteiger charge is 2.06. The van der Waals surface area contributed by atoms with Gasteiger partial charge in [-0.15, -0.1) is 0 Å². The van der Waals surface area contributed by atoms with Crippen molar-refractivity contribution in [1.29, 1.82) is 0 Å². The number of methoxy groups -OCH3 is 1. The van der Waals surface area contributed by atoms with Crippen molar-refractivity contribution in [3.63, 3.8) is 0 Å². The zero-order valence-electron chi connectivity index (χ0n) is 8.68. The second-order valence-corrected chi connectivity index (χ2v) is 4.74.